The number of aryl methyl sites for hydroxylation is 1. The number of methoxy groups -OCH3 is 1. The molecule has 6 nitrogen and oxygen atoms in total. The van der Waals surface area contributed by atoms with E-state index in [9.17, 15) is 4.79 Å². The number of benzene rings is 2. The number of nitrogens with one attached hydrogen (secondary N) is 2. The van der Waals surface area contributed by atoms with Crippen LogP contribution in [0.25, 0.3) is 16.7 Å². The van der Waals surface area contributed by atoms with E-state index in [1.54, 1.807) is 7.11 Å². The van der Waals surface area contributed by atoms with Crippen LogP contribution >= 0.6 is 0 Å². The molecule has 0 spiro atoms. The number of fused-ring (bicyclic) bond motifs is 1. The third-order valence-electron chi connectivity index (χ3n) is 5.84. The van der Waals surface area contributed by atoms with E-state index in [2.05, 4.69) is 32.3 Å². The molecular weight excluding hydrogens is 364 g/mol. The molecule has 1 saturated heterocycles. The zero-order valence-corrected chi connectivity index (χ0v) is 17.1. The number of hydrogen-bond donors (Lipinski definition) is 2. The number of hydrogen-bond acceptors (Lipinski definition) is 4. The first kappa shape index (κ1) is 19.6. The number of rotatable bonds is 6. The highest BCUT2D eigenvalue weighted by molar-refractivity contribution is 5.97. The standard InChI is InChI=1S/C23H28N4O2/c1-17-26-20-14-18(8-9-21(20)27(17)19-6-4-3-5-7-19)22(28)25-15-23(16-29-2)10-12-24-13-11-23/h3-9,14,24H,10-13,15-16H2,1-2H3,(H,25,28). The van der Waals surface area contributed by atoms with Crippen LogP contribution in [0.2, 0.25) is 0 Å². The molecule has 3 aromatic rings. The van der Waals surface area contributed by atoms with Gasteiger partial charge in [0.2, 0.25) is 0 Å². The molecule has 29 heavy (non-hydrogen) atoms. The van der Waals surface area contributed by atoms with Crippen LogP contribution in [0.1, 0.15) is 29.0 Å². The Labute approximate surface area is 171 Å². The first-order valence-electron chi connectivity index (χ1n) is 10.1. The van der Waals surface area contributed by atoms with E-state index in [1.807, 2.05) is 43.3 Å². The zero-order valence-electron chi connectivity index (χ0n) is 17.1. The summed E-state index contributed by atoms with van der Waals surface area (Å²) >= 11 is 0. The molecule has 1 aromatic heterocycles. The SMILES string of the molecule is COCC1(CNC(=O)c2ccc3c(c2)nc(C)n3-c2ccccc2)CCNCC1. The molecule has 0 bridgehead atoms. The van der Waals surface area contributed by atoms with Crippen LogP contribution in [0.3, 0.4) is 0 Å². The molecule has 1 amide bonds. The topological polar surface area (TPSA) is 68.2 Å². The van der Waals surface area contributed by atoms with Gasteiger partial charge < -0.3 is 15.4 Å². The van der Waals surface area contributed by atoms with Crippen LogP contribution in [0.5, 0.6) is 0 Å². The van der Waals surface area contributed by atoms with Crippen molar-refractivity contribution in [2.75, 3.05) is 33.4 Å². The minimum absolute atomic E-state index is 0.00520. The van der Waals surface area contributed by atoms with Gasteiger partial charge in [0, 0.05) is 30.3 Å². The van der Waals surface area contributed by atoms with Crippen molar-refractivity contribution < 1.29 is 9.53 Å². The van der Waals surface area contributed by atoms with Crippen molar-refractivity contribution in [3.8, 4) is 5.69 Å². The van der Waals surface area contributed by atoms with Crippen molar-refractivity contribution in [2.45, 2.75) is 19.8 Å². The molecule has 0 aliphatic carbocycles. The average Bonchev–Trinajstić information content (AvgIpc) is 3.08. The molecule has 4 rings (SSSR count). The fourth-order valence-electron chi connectivity index (χ4n) is 4.25. The minimum atomic E-state index is -0.0622. The summed E-state index contributed by atoms with van der Waals surface area (Å²) in [5.74, 6) is 0.838. The highest BCUT2D eigenvalue weighted by Gasteiger charge is 2.32. The number of para-hydroxylation sites is 1. The van der Waals surface area contributed by atoms with Gasteiger partial charge in [-0.3, -0.25) is 9.36 Å². The Morgan fingerprint density at radius 3 is 2.69 bits per heavy atom. The number of aromatic nitrogens is 2. The van der Waals surface area contributed by atoms with Crippen LogP contribution in [0.15, 0.2) is 48.5 Å². The van der Waals surface area contributed by atoms with E-state index in [1.165, 1.54) is 0 Å². The maximum Gasteiger partial charge on any atom is 0.251 e. The van der Waals surface area contributed by atoms with Gasteiger partial charge in [-0.15, -0.1) is 0 Å². The number of amides is 1. The van der Waals surface area contributed by atoms with Gasteiger partial charge in [0.25, 0.3) is 5.91 Å². The largest absolute Gasteiger partial charge is 0.384 e. The molecule has 0 unspecified atom stereocenters. The van der Waals surface area contributed by atoms with Crippen molar-refractivity contribution in [1.82, 2.24) is 20.2 Å². The third-order valence-corrected chi connectivity index (χ3v) is 5.84. The third kappa shape index (κ3) is 4.04. The lowest BCUT2D eigenvalue weighted by molar-refractivity contribution is 0.0512. The normalized spacial score (nSPS) is 16.1. The Hall–Kier alpha value is -2.70. The lowest BCUT2D eigenvalue weighted by Crippen LogP contribution is -2.47. The molecule has 2 aromatic carbocycles. The molecule has 2 N–H and O–H groups in total. The maximum absolute atomic E-state index is 12.8. The lowest BCUT2D eigenvalue weighted by atomic mass is 9.79. The summed E-state index contributed by atoms with van der Waals surface area (Å²) < 4.78 is 7.56. The second-order valence-corrected chi connectivity index (χ2v) is 7.90. The van der Waals surface area contributed by atoms with Crippen LogP contribution in [-0.4, -0.2) is 48.8 Å². The van der Waals surface area contributed by atoms with Gasteiger partial charge in [-0.05, 0) is 63.2 Å². The van der Waals surface area contributed by atoms with Gasteiger partial charge in [-0.1, -0.05) is 18.2 Å². The number of carbonyl (C=O) groups excluding carboxylic acids is 1. The average molecular weight is 393 g/mol. The summed E-state index contributed by atoms with van der Waals surface area (Å²) in [5.41, 5.74) is 3.53. The molecule has 1 aliphatic rings. The second kappa shape index (κ2) is 8.35. The molecule has 152 valence electrons. The minimum Gasteiger partial charge on any atom is -0.384 e. The van der Waals surface area contributed by atoms with Crippen LogP contribution in [0.4, 0.5) is 0 Å². The van der Waals surface area contributed by atoms with Gasteiger partial charge in [-0.2, -0.15) is 0 Å². The van der Waals surface area contributed by atoms with Crippen LogP contribution in [0, 0.1) is 12.3 Å². The van der Waals surface area contributed by atoms with E-state index in [0.29, 0.717) is 18.7 Å². The Morgan fingerprint density at radius 2 is 1.97 bits per heavy atom. The molecule has 0 saturated carbocycles. The molecule has 2 heterocycles. The van der Waals surface area contributed by atoms with Crippen LogP contribution in [-0.2, 0) is 4.74 Å². The predicted molar refractivity (Wildman–Crippen MR) is 115 cm³/mol. The summed E-state index contributed by atoms with van der Waals surface area (Å²) in [5, 5.41) is 6.51. The summed E-state index contributed by atoms with van der Waals surface area (Å²) in [6, 6.07) is 15.9. The van der Waals surface area contributed by atoms with Gasteiger partial charge in [0.1, 0.15) is 5.82 Å². The van der Waals surface area contributed by atoms with Crippen LogP contribution < -0.4 is 10.6 Å². The second-order valence-electron chi connectivity index (χ2n) is 7.90. The van der Waals surface area contributed by atoms with E-state index in [0.717, 1.165) is 48.5 Å². The maximum atomic E-state index is 12.8. The quantitative estimate of drug-likeness (QED) is 0.677. The number of carbonyl (C=O) groups is 1. The summed E-state index contributed by atoms with van der Waals surface area (Å²) in [6.07, 6.45) is 2.00. The molecule has 1 fully saturated rings. The highest BCUT2D eigenvalue weighted by atomic mass is 16.5. The molecule has 6 heteroatoms. The molecule has 1 aliphatic heterocycles. The van der Waals surface area contributed by atoms with Gasteiger partial charge >= 0.3 is 0 Å². The lowest BCUT2D eigenvalue weighted by Gasteiger charge is -2.37. The van der Waals surface area contributed by atoms with Crippen molar-refractivity contribution in [2.24, 2.45) is 5.41 Å². The van der Waals surface area contributed by atoms with E-state index in [-0.39, 0.29) is 11.3 Å². The fourth-order valence-corrected chi connectivity index (χ4v) is 4.25. The van der Waals surface area contributed by atoms with Gasteiger partial charge in [0.05, 0.1) is 17.6 Å². The Morgan fingerprint density at radius 1 is 1.21 bits per heavy atom. The fraction of sp³-hybridized carbons (Fsp3) is 0.391. The number of imidazole rings is 1. The highest BCUT2D eigenvalue weighted by Crippen LogP contribution is 2.28. The molecular formula is C23H28N4O2. The van der Waals surface area contributed by atoms with E-state index in [4.69, 9.17) is 4.74 Å². The molecule has 0 atom stereocenters. The Bertz CT molecular complexity index is 985. The number of nitrogens with zero attached hydrogens (tertiary/aromatic N) is 2. The van der Waals surface area contributed by atoms with Crippen molar-refractivity contribution >= 4 is 16.9 Å². The summed E-state index contributed by atoms with van der Waals surface area (Å²) in [4.78, 5) is 17.5. The Balaban J connectivity index is 1.54. The van der Waals surface area contributed by atoms with Gasteiger partial charge in [0.15, 0.2) is 0 Å². The van der Waals surface area contributed by atoms with Crippen molar-refractivity contribution in [3.63, 3.8) is 0 Å². The number of ether oxygens (including phenoxy) is 1. The van der Waals surface area contributed by atoms with E-state index < -0.39 is 0 Å². The summed E-state index contributed by atoms with van der Waals surface area (Å²) in [6.45, 7) is 5.19. The summed E-state index contributed by atoms with van der Waals surface area (Å²) in [7, 11) is 1.73. The predicted octanol–water partition coefficient (Wildman–Crippen LogP) is 3.08. The van der Waals surface area contributed by atoms with E-state index >= 15 is 0 Å². The van der Waals surface area contributed by atoms with Crippen molar-refractivity contribution in [1.29, 1.82) is 0 Å². The van der Waals surface area contributed by atoms with Crippen molar-refractivity contribution in [3.05, 3.63) is 59.9 Å². The monoisotopic (exact) mass is 392 g/mol. The number of piperidine rings is 1. The smallest absolute Gasteiger partial charge is 0.251 e. The first-order chi connectivity index (χ1) is 14.1. The Kier molecular flexibility index (Phi) is 5.65. The van der Waals surface area contributed by atoms with Gasteiger partial charge in [-0.25, -0.2) is 4.98 Å². The molecule has 0 radical (unpaired) electrons. The first-order valence-corrected chi connectivity index (χ1v) is 10.1. The zero-order chi connectivity index (χ0) is 20.3.